The van der Waals surface area contributed by atoms with Crippen molar-refractivity contribution in [1.29, 1.82) is 0 Å². The summed E-state index contributed by atoms with van der Waals surface area (Å²) in [5.74, 6) is -0.241. The molecule has 3 heterocycles. The number of thiazole rings is 1. The van der Waals surface area contributed by atoms with Crippen LogP contribution < -0.4 is 10.6 Å². The Hall–Kier alpha value is -2.78. The van der Waals surface area contributed by atoms with Crippen molar-refractivity contribution in [3.63, 3.8) is 0 Å². The van der Waals surface area contributed by atoms with Crippen molar-refractivity contribution in [2.24, 2.45) is 5.92 Å². The SMILES string of the molecule is O=C(NCC1CCCN(C(=O)c2cnc(-c3cccs3)s2)C1)Nc1cccc(F)c1. The van der Waals surface area contributed by atoms with Gasteiger partial charge in [0.05, 0.1) is 11.1 Å². The first-order chi connectivity index (χ1) is 14.6. The topological polar surface area (TPSA) is 74.3 Å². The number of thiophene rings is 1. The number of benzene rings is 1. The lowest BCUT2D eigenvalue weighted by Crippen LogP contribution is -2.44. The third-order valence-electron chi connectivity index (χ3n) is 4.89. The van der Waals surface area contributed by atoms with E-state index in [4.69, 9.17) is 0 Å². The van der Waals surface area contributed by atoms with E-state index in [9.17, 15) is 14.0 Å². The van der Waals surface area contributed by atoms with Crippen molar-refractivity contribution >= 4 is 40.3 Å². The van der Waals surface area contributed by atoms with E-state index >= 15 is 0 Å². The van der Waals surface area contributed by atoms with Crippen LogP contribution in [0.4, 0.5) is 14.9 Å². The molecule has 2 N–H and O–H groups in total. The third kappa shape index (κ3) is 5.03. The maximum Gasteiger partial charge on any atom is 0.319 e. The molecule has 1 aromatic carbocycles. The summed E-state index contributed by atoms with van der Waals surface area (Å²) in [7, 11) is 0. The van der Waals surface area contributed by atoms with E-state index in [1.165, 1.54) is 23.5 Å². The fraction of sp³-hybridized carbons (Fsp3) is 0.286. The molecule has 4 rings (SSSR count). The summed E-state index contributed by atoms with van der Waals surface area (Å²) in [4.78, 5) is 32.9. The highest BCUT2D eigenvalue weighted by atomic mass is 32.1. The smallest absolute Gasteiger partial charge is 0.319 e. The van der Waals surface area contributed by atoms with Crippen LogP contribution in [0.25, 0.3) is 9.88 Å². The van der Waals surface area contributed by atoms with Gasteiger partial charge >= 0.3 is 6.03 Å². The number of hydrogen-bond donors (Lipinski definition) is 2. The fourth-order valence-electron chi connectivity index (χ4n) is 3.44. The minimum atomic E-state index is -0.403. The Bertz CT molecular complexity index is 1020. The Morgan fingerprint density at radius 3 is 2.97 bits per heavy atom. The van der Waals surface area contributed by atoms with E-state index in [1.807, 2.05) is 22.4 Å². The van der Waals surface area contributed by atoms with E-state index in [0.717, 1.165) is 22.7 Å². The summed E-state index contributed by atoms with van der Waals surface area (Å²) in [6.45, 7) is 1.75. The van der Waals surface area contributed by atoms with E-state index in [2.05, 4.69) is 15.6 Å². The van der Waals surface area contributed by atoms with Crippen molar-refractivity contribution in [1.82, 2.24) is 15.2 Å². The summed E-state index contributed by atoms with van der Waals surface area (Å²) >= 11 is 3.02. The number of nitrogens with zero attached hydrogens (tertiary/aromatic N) is 2. The minimum Gasteiger partial charge on any atom is -0.338 e. The standard InChI is InChI=1S/C21H21FN4O2S2/c22-15-5-1-6-16(10-15)25-21(28)24-11-14-4-2-8-26(13-14)20(27)18-12-23-19(30-18)17-7-3-9-29-17/h1,3,5-7,9-10,12,14H,2,4,8,11,13H2,(H2,24,25,28). The van der Waals surface area contributed by atoms with Gasteiger partial charge in [-0.25, -0.2) is 14.2 Å². The van der Waals surface area contributed by atoms with Gasteiger partial charge in [-0.3, -0.25) is 4.79 Å². The van der Waals surface area contributed by atoms with Gasteiger partial charge in [0, 0.05) is 25.3 Å². The summed E-state index contributed by atoms with van der Waals surface area (Å²) in [6, 6.07) is 9.34. The number of rotatable bonds is 5. The molecule has 6 nitrogen and oxygen atoms in total. The molecule has 2 aromatic heterocycles. The number of amides is 3. The van der Waals surface area contributed by atoms with Crippen molar-refractivity contribution in [2.75, 3.05) is 25.0 Å². The van der Waals surface area contributed by atoms with Crippen LogP contribution in [0.3, 0.4) is 0 Å². The Morgan fingerprint density at radius 1 is 1.27 bits per heavy atom. The summed E-state index contributed by atoms with van der Waals surface area (Å²) < 4.78 is 13.2. The predicted octanol–water partition coefficient (Wildman–Crippen LogP) is 4.68. The summed E-state index contributed by atoms with van der Waals surface area (Å²) in [6.07, 6.45) is 3.48. The van der Waals surface area contributed by atoms with Gasteiger partial charge in [-0.05, 0) is 48.4 Å². The molecule has 0 radical (unpaired) electrons. The lowest BCUT2D eigenvalue weighted by molar-refractivity contribution is 0.0680. The van der Waals surface area contributed by atoms with Crippen molar-refractivity contribution in [3.05, 3.63) is 58.7 Å². The van der Waals surface area contributed by atoms with Gasteiger partial charge in [-0.1, -0.05) is 12.1 Å². The Balaban J connectivity index is 1.30. The lowest BCUT2D eigenvalue weighted by atomic mass is 9.98. The quantitative estimate of drug-likeness (QED) is 0.600. The zero-order chi connectivity index (χ0) is 20.9. The number of aromatic nitrogens is 1. The average molecular weight is 445 g/mol. The monoisotopic (exact) mass is 444 g/mol. The first-order valence-electron chi connectivity index (χ1n) is 9.68. The van der Waals surface area contributed by atoms with Gasteiger partial charge in [0.2, 0.25) is 0 Å². The second-order valence-electron chi connectivity index (χ2n) is 7.11. The van der Waals surface area contributed by atoms with Gasteiger partial charge in [0.15, 0.2) is 0 Å². The van der Waals surface area contributed by atoms with Gasteiger partial charge < -0.3 is 15.5 Å². The average Bonchev–Trinajstić information content (AvgIpc) is 3.44. The second kappa shape index (κ2) is 9.36. The number of nitrogens with one attached hydrogen (secondary N) is 2. The Labute approximate surface area is 181 Å². The molecule has 1 unspecified atom stereocenters. The van der Waals surface area contributed by atoms with Gasteiger partial charge in [0.25, 0.3) is 5.91 Å². The molecule has 0 aliphatic carbocycles. The number of carbonyl (C=O) groups excluding carboxylic acids is 2. The molecular weight excluding hydrogens is 423 g/mol. The zero-order valence-electron chi connectivity index (χ0n) is 16.1. The van der Waals surface area contributed by atoms with Crippen molar-refractivity contribution in [3.8, 4) is 9.88 Å². The maximum atomic E-state index is 13.2. The predicted molar refractivity (Wildman–Crippen MR) is 117 cm³/mol. The molecule has 1 saturated heterocycles. The number of likely N-dealkylation sites (tertiary alicyclic amines) is 1. The number of anilines is 1. The number of halogens is 1. The molecule has 156 valence electrons. The van der Waals surface area contributed by atoms with Crippen LogP contribution in [0.5, 0.6) is 0 Å². The second-order valence-corrected chi connectivity index (χ2v) is 9.09. The highest BCUT2D eigenvalue weighted by molar-refractivity contribution is 7.21. The zero-order valence-corrected chi connectivity index (χ0v) is 17.8. The molecule has 1 aliphatic heterocycles. The van der Waals surface area contributed by atoms with Crippen LogP contribution in [0.2, 0.25) is 0 Å². The van der Waals surface area contributed by atoms with Crippen LogP contribution in [-0.2, 0) is 0 Å². The molecule has 1 aliphatic rings. The number of piperidine rings is 1. The summed E-state index contributed by atoms with van der Waals surface area (Å²) in [5, 5.41) is 8.30. The first kappa shape index (κ1) is 20.5. The molecule has 3 aromatic rings. The highest BCUT2D eigenvalue weighted by Gasteiger charge is 2.26. The molecule has 0 bridgehead atoms. The summed E-state index contributed by atoms with van der Waals surface area (Å²) in [5.41, 5.74) is 0.402. The highest BCUT2D eigenvalue weighted by Crippen LogP contribution is 2.30. The van der Waals surface area contributed by atoms with Crippen molar-refractivity contribution < 1.29 is 14.0 Å². The van der Waals surface area contributed by atoms with E-state index < -0.39 is 5.82 Å². The van der Waals surface area contributed by atoms with E-state index in [1.54, 1.807) is 29.7 Å². The van der Waals surface area contributed by atoms with Gasteiger partial charge in [-0.15, -0.1) is 22.7 Å². The third-order valence-corrected chi connectivity index (χ3v) is 6.91. The molecule has 9 heteroatoms. The fourth-order valence-corrected chi connectivity index (χ4v) is 5.13. The van der Waals surface area contributed by atoms with E-state index in [-0.39, 0.29) is 17.9 Å². The van der Waals surface area contributed by atoms with Gasteiger partial charge in [-0.2, -0.15) is 0 Å². The van der Waals surface area contributed by atoms with Gasteiger partial charge in [0.1, 0.15) is 15.7 Å². The molecule has 0 saturated carbocycles. The van der Waals surface area contributed by atoms with Crippen molar-refractivity contribution in [2.45, 2.75) is 12.8 Å². The molecular formula is C21H21FN4O2S2. The molecule has 1 atom stereocenters. The molecule has 3 amide bonds. The normalized spacial score (nSPS) is 16.3. The minimum absolute atomic E-state index is 0.00998. The Morgan fingerprint density at radius 2 is 2.17 bits per heavy atom. The number of urea groups is 1. The Kier molecular flexibility index (Phi) is 6.39. The first-order valence-corrected chi connectivity index (χ1v) is 11.4. The molecule has 30 heavy (non-hydrogen) atoms. The van der Waals surface area contributed by atoms with Crippen LogP contribution >= 0.6 is 22.7 Å². The lowest BCUT2D eigenvalue weighted by Gasteiger charge is -2.32. The van der Waals surface area contributed by atoms with E-state index in [0.29, 0.717) is 30.2 Å². The molecule has 1 fully saturated rings. The van der Waals surface area contributed by atoms with Crippen LogP contribution in [0.1, 0.15) is 22.5 Å². The number of hydrogen-bond acceptors (Lipinski definition) is 5. The van der Waals surface area contributed by atoms with Crippen LogP contribution in [-0.4, -0.2) is 41.5 Å². The number of carbonyl (C=O) groups is 2. The largest absolute Gasteiger partial charge is 0.338 e. The maximum absolute atomic E-state index is 13.2. The van der Waals surface area contributed by atoms with Crippen LogP contribution in [0.15, 0.2) is 48.0 Å². The molecule has 0 spiro atoms. The van der Waals surface area contributed by atoms with Crippen LogP contribution in [0, 0.1) is 11.7 Å².